The average molecular weight is 257 g/mol. The van der Waals surface area contributed by atoms with E-state index < -0.39 is 0 Å². The lowest BCUT2D eigenvalue weighted by molar-refractivity contribution is -0.115. The lowest BCUT2D eigenvalue weighted by Gasteiger charge is -2.05. The van der Waals surface area contributed by atoms with Crippen molar-refractivity contribution >= 4 is 17.2 Å². The summed E-state index contributed by atoms with van der Waals surface area (Å²) in [6.45, 7) is 2.05. The maximum absolute atomic E-state index is 12.2. The highest BCUT2D eigenvalue weighted by Gasteiger charge is 2.17. The molecule has 19 heavy (non-hydrogen) atoms. The Morgan fingerprint density at radius 2 is 2.32 bits per heavy atom. The molecule has 0 saturated carbocycles. The number of hydrogen-bond acceptors (Lipinski definition) is 1. The van der Waals surface area contributed by atoms with Gasteiger partial charge in [-0.2, -0.15) is 0 Å². The van der Waals surface area contributed by atoms with Crippen molar-refractivity contribution in [2.45, 2.75) is 19.8 Å². The number of fused-ring (bicyclic) bond motifs is 1. The Bertz CT molecular complexity index is 570. The minimum absolute atomic E-state index is 0.0189. The van der Waals surface area contributed by atoms with Crippen LogP contribution in [0.15, 0.2) is 48.8 Å². The SMILES string of the molecule is CC\C=C/C(=C\C=C\F)c1ccc2c(c1)CC(=O)N2. The minimum atomic E-state index is 0.0189. The lowest BCUT2D eigenvalue weighted by atomic mass is 10.0. The second-order valence-electron chi connectivity index (χ2n) is 4.35. The van der Waals surface area contributed by atoms with Crippen molar-refractivity contribution in [1.82, 2.24) is 0 Å². The summed E-state index contributed by atoms with van der Waals surface area (Å²) < 4.78 is 12.2. The van der Waals surface area contributed by atoms with Crippen LogP contribution < -0.4 is 5.32 Å². The van der Waals surface area contributed by atoms with Gasteiger partial charge in [0.05, 0.1) is 12.8 Å². The highest BCUT2D eigenvalue weighted by atomic mass is 19.1. The summed E-state index contributed by atoms with van der Waals surface area (Å²) in [4.78, 5) is 11.3. The van der Waals surface area contributed by atoms with Crippen molar-refractivity contribution in [1.29, 1.82) is 0 Å². The van der Waals surface area contributed by atoms with Crippen molar-refractivity contribution in [3.8, 4) is 0 Å². The van der Waals surface area contributed by atoms with Crippen molar-refractivity contribution < 1.29 is 9.18 Å². The van der Waals surface area contributed by atoms with Gasteiger partial charge in [0.25, 0.3) is 0 Å². The van der Waals surface area contributed by atoms with Gasteiger partial charge in [-0.25, -0.2) is 4.39 Å². The molecule has 0 atom stereocenters. The highest BCUT2D eigenvalue weighted by molar-refractivity contribution is 5.99. The fourth-order valence-corrected chi connectivity index (χ4v) is 2.04. The molecule has 1 aromatic rings. The van der Waals surface area contributed by atoms with E-state index in [0.717, 1.165) is 28.8 Å². The van der Waals surface area contributed by atoms with E-state index >= 15 is 0 Å². The summed E-state index contributed by atoms with van der Waals surface area (Å²) in [6.07, 6.45) is 8.91. The molecule has 0 bridgehead atoms. The molecule has 1 aliphatic heterocycles. The Morgan fingerprint density at radius 3 is 3.05 bits per heavy atom. The van der Waals surface area contributed by atoms with Gasteiger partial charge in [0.2, 0.25) is 5.91 Å². The van der Waals surface area contributed by atoms with Crippen LogP contribution >= 0.6 is 0 Å². The summed E-state index contributed by atoms with van der Waals surface area (Å²) in [5, 5.41) is 2.80. The molecule has 1 N–H and O–H groups in total. The normalized spacial score (nSPS) is 15.3. The van der Waals surface area contributed by atoms with E-state index in [1.54, 1.807) is 6.08 Å². The lowest BCUT2D eigenvalue weighted by Crippen LogP contribution is -2.03. The third-order valence-corrected chi connectivity index (χ3v) is 2.95. The van der Waals surface area contributed by atoms with Gasteiger partial charge in [0, 0.05) is 5.69 Å². The molecule has 0 spiro atoms. The zero-order valence-electron chi connectivity index (χ0n) is 10.8. The summed E-state index contributed by atoms with van der Waals surface area (Å²) >= 11 is 0. The molecule has 2 rings (SSSR count). The van der Waals surface area contributed by atoms with Gasteiger partial charge in [-0.3, -0.25) is 4.79 Å². The number of anilines is 1. The fourth-order valence-electron chi connectivity index (χ4n) is 2.04. The quantitative estimate of drug-likeness (QED) is 0.811. The third kappa shape index (κ3) is 3.19. The number of halogens is 1. The summed E-state index contributed by atoms with van der Waals surface area (Å²) in [5.74, 6) is 0.0189. The number of nitrogens with one attached hydrogen (secondary N) is 1. The van der Waals surface area contributed by atoms with Crippen molar-refractivity contribution in [3.05, 3.63) is 60.0 Å². The molecule has 3 heteroatoms. The standard InChI is InChI=1S/C16H16FNO/c1-2-3-5-12(6-4-9-17)13-7-8-15-14(10-13)11-16(19)18-15/h3-10H,2,11H2,1H3,(H,18,19)/b5-3-,9-4+,12-6+. The average Bonchev–Trinajstić information content (AvgIpc) is 2.78. The molecular weight excluding hydrogens is 241 g/mol. The number of allylic oxidation sites excluding steroid dienone is 5. The Balaban J connectivity index is 2.35. The van der Waals surface area contributed by atoms with Gasteiger partial charge in [-0.15, -0.1) is 0 Å². The van der Waals surface area contributed by atoms with Crippen LogP contribution in [0.5, 0.6) is 0 Å². The molecule has 0 radical (unpaired) electrons. The summed E-state index contributed by atoms with van der Waals surface area (Å²) in [5.41, 5.74) is 3.77. The predicted octanol–water partition coefficient (Wildman–Crippen LogP) is 4.01. The first-order valence-electron chi connectivity index (χ1n) is 6.31. The predicted molar refractivity (Wildman–Crippen MR) is 76.4 cm³/mol. The van der Waals surface area contributed by atoms with Crippen LogP contribution in [0.2, 0.25) is 0 Å². The molecule has 2 nitrogen and oxygen atoms in total. The first kappa shape index (κ1) is 13.3. The molecular formula is C16H16FNO. The van der Waals surface area contributed by atoms with Crippen molar-refractivity contribution in [3.63, 3.8) is 0 Å². The van der Waals surface area contributed by atoms with Gasteiger partial charge in [0.1, 0.15) is 0 Å². The topological polar surface area (TPSA) is 29.1 Å². The molecule has 1 aromatic carbocycles. The van der Waals surface area contributed by atoms with Crippen molar-refractivity contribution in [2.24, 2.45) is 0 Å². The molecule has 98 valence electrons. The first-order chi connectivity index (χ1) is 9.24. The van der Waals surface area contributed by atoms with Gasteiger partial charge >= 0.3 is 0 Å². The van der Waals surface area contributed by atoms with E-state index in [9.17, 15) is 9.18 Å². The van der Waals surface area contributed by atoms with Gasteiger partial charge in [-0.05, 0) is 41.3 Å². The monoisotopic (exact) mass is 257 g/mol. The molecule has 1 aliphatic rings. The van der Waals surface area contributed by atoms with E-state index in [1.165, 1.54) is 6.08 Å². The Hall–Kier alpha value is -2.16. The molecule has 0 saturated heterocycles. The zero-order valence-corrected chi connectivity index (χ0v) is 10.8. The van der Waals surface area contributed by atoms with Crippen LogP contribution in [0.3, 0.4) is 0 Å². The van der Waals surface area contributed by atoms with Crippen LogP contribution in [0.4, 0.5) is 10.1 Å². The number of carbonyl (C=O) groups excluding carboxylic acids is 1. The van der Waals surface area contributed by atoms with Crippen LogP contribution in [-0.2, 0) is 11.2 Å². The van der Waals surface area contributed by atoms with E-state index in [4.69, 9.17) is 0 Å². The largest absolute Gasteiger partial charge is 0.326 e. The number of carbonyl (C=O) groups is 1. The van der Waals surface area contributed by atoms with Crippen LogP contribution in [0.1, 0.15) is 24.5 Å². The maximum Gasteiger partial charge on any atom is 0.228 e. The van der Waals surface area contributed by atoms with E-state index in [0.29, 0.717) is 12.8 Å². The number of hydrogen-bond donors (Lipinski definition) is 1. The Labute approximate surface area is 112 Å². The van der Waals surface area contributed by atoms with Crippen LogP contribution in [0.25, 0.3) is 5.57 Å². The van der Waals surface area contributed by atoms with E-state index in [1.807, 2.05) is 37.3 Å². The summed E-state index contributed by atoms with van der Waals surface area (Å²) in [6, 6.07) is 5.80. The second-order valence-corrected chi connectivity index (χ2v) is 4.35. The maximum atomic E-state index is 12.2. The molecule has 1 heterocycles. The molecule has 0 unspecified atom stereocenters. The van der Waals surface area contributed by atoms with Gasteiger partial charge in [0.15, 0.2) is 0 Å². The van der Waals surface area contributed by atoms with E-state index in [2.05, 4.69) is 5.32 Å². The highest BCUT2D eigenvalue weighted by Crippen LogP contribution is 2.27. The number of rotatable bonds is 4. The Kier molecular flexibility index (Phi) is 4.29. The second kappa shape index (κ2) is 6.14. The minimum Gasteiger partial charge on any atom is -0.326 e. The molecule has 0 aliphatic carbocycles. The van der Waals surface area contributed by atoms with E-state index in [-0.39, 0.29) is 5.91 Å². The fraction of sp³-hybridized carbons (Fsp3) is 0.188. The Morgan fingerprint density at radius 1 is 1.47 bits per heavy atom. The number of benzene rings is 1. The first-order valence-corrected chi connectivity index (χ1v) is 6.31. The van der Waals surface area contributed by atoms with Crippen LogP contribution in [0, 0.1) is 0 Å². The van der Waals surface area contributed by atoms with Crippen molar-refractivity contribution in [2.75, 3.05) is 5.32 Å². The molecule has 1 amide bonds. The zero-order chi connectivity index (χ0) is 13.7. The van der Waals surface area contributed by atoms with Gasteiger partial charge in [-0.1, -0.05) is 31.2 Å². The number of amides is 1. The summed E-state index contributed by atoms with van der Waals surface area (Å²) in [7, 11) is 0. The van der Waals surface area contributed by atoms with Crippen LogP contribution in [-0.4, -0.2) is 5.91 Å². The molecule has 0 fully saturated rings. The third-order valence-electron chi connectivity index (χ3n) is 2.95. The molecule has 0 aromatic heterocycles. The smallest absolute Gasteiger partial charge is 0.228 e. The van der Waals surface area contributed by atoms with Gasteiger partial charge < -0.3 is 5.32 Å².